The zero-order chi connectivity index (χ0) is 17.1. The molecule has 0 aromatic heterocycles. The molecule has 0 heterocycles. The van der Waals surface area contributed by atoms with Crippen molar-refractivity contribution in [2.24, 2.45) is 23.2 Å². The number of benzene rings is 1. The lowest BCUT2D eigenvalue weighted by Crippen LogP contribution is -2.52. The topological polar surface area (TPSA) is 41.1 Å². The third kappa shape index (κ3) is 4.19. The zero-order valence-electron chi connectivity index (χ0n) is 15.3. The largest absolute Gasteiger partial charge is 0.338 e. The van der Waals surface area contributed by atoms with Crippen molar-refractivity contribution in [2.45, 2.75) is 57.8 Å². The molecular formula is C22H32N2O. The van der Waals surface area contributed by atoms with Gasteiger partial charge in [-0.05, 0) is 86.5 Å². The summed E-state index contributed by atoms with van der Waals surface area (Å²) in [6.45, 7) is 1.67. The first-order valence-corrected chi connectivity index (χ1v) is 10.3. The van der Waals surface area contributed by atoms with E-state index in [0.717, 1.165) is 50.1 Å². The van der Waals surface area contributed by atoms with Gasteiger partial charge >= 0.3 is 6.03 Å². The SMILES string of the molecule is O=C(NCCCCc1ccccc1)NCC12CC3CC(CC(C3)C1)C2. The van der Waals surface area contributed by atoms with Crippen LogP contribution in [0.15, 0.2) is 30.3 Å². The summed E-state index contributed by atoms with van der Waals surface area (Å²) in [4.78, 5) is 12.1. The van der Waals surface area contributed by atoms with Crippen LogP contribution >= 0.6 is 0 Å². The molecule has 0 atom stereocenters. The average molecular weight is 341 g/mol. The van der Waals surface area contributed by atoms with Gasteiger partial charge in [0.05, 0.1) is 0 Å². The van der Waals surface area contributed by atoms with Gasteiger partial charge in [0.1, 0.15) is 0 Å². The van der Waals surface area contributed by atoms with E-state index in [-0.39, 0.29) is 6.03 Å². The summed E-state index contributed by atoms with van der Waals surface area (Å²) in [5.74, 6) is 2.86. The van der Waals surface area contributed by atoms with E-state index in [1.54, 1.807) is 0 Å². The van der Waals surface area contributed by atoms with Crippen LogP contribution < -0.4 is 10.6 Å². The number of carbonyl (C=O) groups is 1. The Balaban J connectivity index is 1.13. The van der Waals surface area contributed by atoms with E-state index in [1.165, 1.54) is 44.1 Å². The van der Waals surface area contributed by atoms with Crippen molar-refractivity contribution >= 4 is 6.03 Å². The molecule has 4 aliphatic carbocycles. The summed E-state index contributed by atoms with van der Waals surface area (Å²) in [5.41, 5.74) is 1.81. The molecule has 3 nitrogen and oxygen atoms in total. The Labute approximate surface area is 152 Å². The highest BCUT2D eigenvalue weighted by Gasteiger charge is 2.50. The molecule has 3 heteroatoms. The van der Waals surface area contributed by atoms with E-state index in [1.807, 2.05) is 0 Å². The predicted octanol–water partition coefficient (Wildman–Crippen LogP) is 4.52. The van der Waals surface area contributed by atoms with E-state index >= 15 is 0 Å². The minimum atomic E-state index is 0.0375. The summed E-state index contributed by atoms with van der Waals surface area (Å²) < 4.78 is 0. The first-order valence-electron chi connectivity index (χ1n) is 10.3. The Morgan fingerprint density at radius 2 is 1.56 bits per heavy atom. The maximum Gasteiger partial charge on any atom is 0.314 e. The van der Waals surface area contributed by atoms with E-state index < -0.39 is 0 Å². The van der Waals surface area contributed by atoms with Gasteiger partial charge in [-0.25, -0.2) is 4.79 Å². The van der Waals surface area contributed by atoms with Crippen LogP contribution in [0.1, 0.15) is 56.9 Å². The van der Waals surface area contributed by atoms with E-state index in [2.05, 4.69) is 41.0 Å². The van der Waals surface area contributed by atoms with Gasteiger partial charge in [-0.1, -0.05) is 30.3 Å². The molecule has 4 fully saturated rings. The standard InChI is InChI=1S/C22H32N2O/c25-21(23-9-5-4-8-17-6-2-1-3-7-17)24-16-22-13-18-10-19(14-22)12-20(11-18)15-22/h1-3,6-7,18-20H,4-5,8-16H2,(H2,23,24,25). The summed E-state index contributed by atoms with van der Waals surface area (Å²) in [6.07, 6.45) is 11.7. The molecule has 1 aromatic carbocycles. The molecule has 25 heavy (non-hydrogen) atoms. The molecule has 0 aliphatic heterocycles. The van der Waals surface area contributed by atoms with Gasteiger partial charge in [0.2, 0.25) is 0 Å². The molecule has 2 amide bonds. The minimum absolute atomic E-state index is 0.0375. The highest BCUT2D eigenvalue weighted by molar-refractivity contribution is 5.73. The van der Waals surface area contributed by atoms with Crippen molar-refractivity contribution in [3.8, 4) is 0 Å². The fourth-order valence-corrected chi connectivity index (χ4v) is 6.14. The second-order valence-electron chi connectivity index (χ2n) is 8.97. The highest BCUT2D eigenvalue weighted by atomic mass is 16.2. The molecule has 0 radical (unpaired) electrons. The molecule has 136 valence electrons. The maximum absolute atomic E-state index is 12.1. The van der Waals surface area contributed by atoms with E-state index in [4.69, 9.17) is 0 Å². The Hall–Kier alpha value is -1.51. The molecule has 1 aromatic rings. The number of aryl methyl sites for hydroxylation is 1. The Kier molecular flexibility index (Phi) is 5.00. The fourth-order valence-electron chi connectivity index (χ4n) is 6.14. The number of unbranched alkanes of at least 4 members (excludes halogenated alkanes) is 1. The van der Waals surface area contributed by atoms with Crippen LogP contribution in [0.2, 0.25) is 0 Å². The van der Waals surface area contributed by atoms with Gasteiger partial charge in [0.15, 0.2) is 0 Å². The minimum Gasteiger partial charge on any atom is -0.338 e. The normalized spacial score (nSPS) is 32.6. The number of hydrogen-bond acceptors (Lipinski definition) is 1. The third-order valence-corrected chi connectivity index (χ3v) is 6.81. The predicted molar refractivity (Wildman–Crippen MR) is 101 cm³/mol. The Bertz CT molecular complexity index is 548. The Morgan fingerprint density at radius 1 is 0.920 bits per heavy atom. The van der Waals surface area contributed by atoms with Crippen molar-refractivity contribution < 1.29 is 4.79 Å². The second-order valence-corrected chi connectivity index (χ2v) is 8.97. The highest BCUT2D eigenvalue weighted by Crippen LogP contribution is 2.59. The summed E-state index contributed by atoms with van der Waals surface area (Å²) in [5, 5.41) is 6.25. The van der Waals surface area contributed by atoms with Gasteiger partial charge in [0, 0.05) is 13.1 Å². The molecule has 0 unspecified atom stereocenters. The van der Waals surface area contributed by atoms with Gasteiger partial charge in [-0.3, -0.25) is 0 Å². The van der Waals surface area contributed by atoms with E-state index in [0.29, 0.717) is 5.41 Å². The van der Waals surface area contributed by atoms with Crippen LogP contribution in [0.5, 0.6) is 0 Å². The fraction of sp³-hybridized carbons (Fsp3) is 0.682. The molecule has 0 spiro atoms. The number of nitrogens with one attached hydrogen (secondary N) is 2. The lowest BCUT2D eigenvalue weighted by atomic mass is 9.49. The third-order valence-electron chi connectivity index (χ3n) is 6.81. The molecule has 4 aliphatic rings. The van der Waals surface area contributed by atoms with Gasteiger partial charge < -0.3 is 10.6 Å². The molecule has 2 N–H and O–H groups in total. The molecular weight excluding hydrogens is 308 g/mol. The molecule has 0 saturated heterocycles. The smallest absolute Gasteiger partial charge is 0.314 e. The second kappa shape index (κ2) is 7.39. The number of rotatable bonds is 7. The first-order chi connectivity index (χ1) is 12.2. The summed E-state index contributed by atoms with van der Waals surface area (Å²) in [6, 6.07) is 10.6. The average Bonchev–Trinajstić information content (AvgIpc) is 2.60. The molecule has 5 rings (SSSR count). The van der Waals surface area contributed by atoms with Crippen LogP contribution in [0.25, 0.3) is 0 Å². The van der Waals surface area contributed by atoms with Crippen LogP contribution in [0.4, 0.5) is 4.79 Å². The maximum atomic E-state index is 12.1. The number of urea groups is 1. The van der Waals surface area contributed by atoms with Crippen LogP contribution in [0, 0.1) is 23.2 Å². The van der Waals surface area contributed by atoms with Gasteiger partial charge in [0.25, 0.3) is 0 Å². The summed E-state index contributed by atoms with van der Waals surface area (Å²) in [7, 11) is 0. The van der Waals surface area contributed by atoms with Crippen molar-refractivity contribution in [1.29, 1.82) is 0 Å². The summed E-state index contributed by atoms with van der Waals surface area (Å²) >= 11 is 0. The lowest BCUT2D eigenvalue weighted by molar-refractivity contribution is -0.0498. The molecule has 4 bridgehead atoms. The van der Waals surface area contributed by atoms with Crippen molar-refractivity contribution in [1.82, 2.24) is 10.6 Å². The number of carbonyl (C=O) groups excluding carboxylic acids is 1. The first kappa shape index (κ1) is 16.9. The van der Waals surface area contributed by atoms with Gasteiger partial charge in [-0.15, -0.1) is 0 Å². The van der Waals surface area contributed by atoms with Crippen molar-refractivity contribution in [2.75, 3.05) is 13.1 Å². The monoisotopic (exact) mass is 340 g/mol. The van der Waals surface area contributed by atoms with E-state index in [9.17, 15) is 4.79 Å². The number of hydrogen-bond donors (Lipinski definition) is 2. The van der Waals surface area contributed by atoms with Crippen LogP contribution in [-0.2, 0) is 6.42 Å². The quantitative estimate of drug-likeness (QED) is 0.704. The van der Waals surface area contributed by atoms with Gasteiger partial charge in [-0.2, -0.15) is 0 Å². The lowest BCUT2D eigenvalue weighted by Gasteiger charge is -2.56. The Morgan fingerprint density at radius 3 is 2.20 bits per heavy atom. The molecule has 4 saturated carbocycles. The van der Waals surface area contributed by atoms with Crippen molar-refractivity contribution in [3.63, 3.8) is 0 Å². The number of amides is 2. The zero-order valence-corrected chi connectivity index (χ0v) is 15.3. The van der Waals surface area contributed by atoms with Crippen molar-refractivity contribution in [3.05, 3.63) is 35.9 Å². The van der Waals surface area contributed by atoms with Crippen LogP contribution in [-0.4, -0.2) is 19.1 Å². The van der Waals surface area contributed by atoms with Crippen LogP contribution in [0.3, 0.4) is 0 Å².